The Morgan fingerprint density at radius 3 is 2.46 bits per heavy atom. The fourth-order valence-corrected chi connectivity index (χ4v) is 3.81. The number of amides is 1. The number of para-hydroxylation sites is 1. The summed E-state index contributed by atoms with van der Waals surface area (Å²) < 4.78 is 5.52. The van der Waals surface area contributed by atoms with Crippen LogP contribution < -0.4 is 5.43 Å². The Morgan fingerprint density at radius 1 is 1.25 bits per heavy atom. The number of phenolic OH excluding ortho intramolecular Hbond substituents is 1. The maximum Gasteiger partial charge on any atom is 0.313 e. The molecule has 2 fully saturated rings. The van der Waals surface area contributed by atoms with Crippen molar-refractivity contribution in [3.05, 3.63) is 29.8 Å². The van der Waals surface area contributed by atoms with Crippen LogP contribution >= 0.6 is 0 Å². The molecule has 1 amide bonds. The molecule has 2 aliphatic rings. The normalized spacial score (nSPS) is 31.0. The molecule has 24 heavy (non-hydrogen) atoms. The van der Waals surface area contributed by atoms with Crippen molar-refractivity contribution in [3.63, 3.8) is 0 Å². The number of nitrogens with one attached hydrogen (secondary N) is 1. The van der Waals surface area contributed by atoms with Crippen molar-refractivity contribution >= 4 is 17.6 Å². The van der Waals surface area contributed by atoms with Gasteiger partial charge in [0.15, 0.2) is 5.60 Å². The number of esters is 1. The van der Waals surface area contributed by atoms with E-state index in [2.05, 4.69) is 10.5 Å². The molecule has 0 spiro atoms. The number of phenols is 1. The molecule has 0 radical (unpaired) electrons. The van der Waals surface area contributed by atoms with Gasteiger partial charge >= 0.3 is 5.97 Å². The standard InChI is InChI=1S/C18H22N2O4/c1-11(12-7-5-6-8-13(12)21)19-20-14(22)18-10-9-17(4,15(23)24-18)16(18,2)3/h5-8,21H,9-10H2,1-4H3,(H,20,22)/b19-11-/t17-,18-/m0/s1. The lowest BCUT2D eigenvalue weighted by Gasteiger charge is -2.34. The number of fused-ring (bicyclic) bond motifs is 2. The van der Waals surface area contributed by atoms with Gasteiger partial charge in [0.1, 0.15) is 5.75 Å². The van der Waals surface area contributed by atoms with Crippen molar-refractivity contribution in [2.45, 2.75) is 46.1 Å². The summed E-state index contributed by atoms with van der Waals surface area (Å²) in [5.74, 6) is -0.653. The fraction of sp³-hybridized carbons (Fsp3) is 0.500. The van der Waals surface area contributed by atoms with E-state index in [1.54, 1.807) is 31.2 Å². The Morgan fingerprint density at radius 2 is 1.92 bits per heavy atom. The minimum absolute atomic E-state index is 0.0900. The summed E-state index contributed by atoms with van der Waals surface area (Å²) in [6.07, 6.45) is 1.10. The highest BCUT2D eigenvalue weighted by Gasteiger charge is 2.75. The number of benzene rings is 1. The zero-order valence-corrected chi connectivity index (χ0v) is 14.3. The number of carbonyl (C=O) groups excluding carboxylic acids is 2. The summed E-state index contributed by atoms with van der Waals surface area (Å²) in [5, 5.41) is 13.9. The van der Waals surface area contributed by atoms with E-state index < -0.39 is 22.3 Å². The van der Waals surface area contributed by atoms with Gasteiger partial charge in [-0.25, -0.2) is 5.43 Å². The first kappa shape index (κ1) is 16.5. The summed E-state index contributed by atoms with van der Waals surface area (Å²) in [5.41, 5.74) is 1.08. The minimum atomic E-state index is -1.19. The number of rotatable bonds is 3. The van der Waals surface area contributed by atoms with Crippen molar-refractivity contribution in [2.24, 2.45) is 15.9 Å². The van der Waals surface area contributed by atoms with Gasteiger partial charge in [-0.05, 0) is 38.8 Å². The molecule has 0 unspecified atom stereocenters. The second-order valence-electron chi connectivity index (χ2n) is 7.33. The van der Waals surface area contributed by atoms with E-state index in [9.17, 15) is 14.7 Å². The number of aromatic hydroxyl groups is 1. The van der Waals surface area contributed by atoms with Gasteiger partial charge in [0.2, 0.25) is 0 Å². The minimum Gasteiger partial charge on any atom is -0.507 e. The van der Waals surface area contributed by atoms with Crippen LogP contribution in [-0.2, 0) is 14.3 Å². The van der Waals surface area contributed by atoms with Crippen LogP contribution in [0.2, 0.25) is 0 Å². The van der Waals surface area contributed by atoms with Crippen LogP contribution in [0.15, 0.2) is 29.4 Å². The zero-order chi connectivity index (χ0) is 17.8. The summed E-state index contributed by atoms with van der Waals surface area (Å²) in [7, 11) is 0. The highest BCUT2D eigenvalue weighted by atomic mass is 16.6. The van der Waals surface area contributed by atoms with E-state index in [0.29, 0.717) is 24.1 Å². The van der Waals surface area contributed by atoms with Gasteiger partial charge in [0.05, 0.1) is 11.1 Å². The van der Waals surface area contributed by atoms with Crippen molar-refractivity contribution in [1.82, 2.24) is 5.43 Å². The van der Waals surface area contributed by atoms with Crippen molar-refractivity contribution in [1.29, 1.82) is 0 Å². The summed E-state index contributed by atoms with van der Waals surface area (Å²) in [6, 6.07) is 6.76. The van der Waals surface area contributed by atoms with E-state index in [-0.39, 0.29) is 11.7 Å². The van der Waals surface area contributed by atoms with Crippen LogP contribution in [-0.4, -0.2) is 28.3 Å². The number of ether oxygens (including phenoxy) is 1. The van der Waals surface area contributed by atoms with Crippen LogP contribution in [0.5, 0.6) is 5.75 Å². The topological polar surface area (TPSA) is 88.0 Å². The van der Waals surface area contributed by atoms with E-state index in [0.717, 1.165) is 0 Å². The molecule has 2 bridgehead atoms. The third-order valence-electron chi connectivity index (χ3n) is 6.07. The van der Waals surface area contributed by atoms with Crippen LogP contribution in [0.1, 0.15) is 46.1 Å². The Hall–Kier alpha value is -2.37. The maximum absolute atomic E-state index is 12.8. The molecule has 1 aromatic carbocycles. The summed E-state index contributed by atoms with van der Waals surface area (Å²) in [4.78, 5) is 25.0. The highest BCUT2D eigenvalue weighted by Crippen LogP contribution is 2.65. The van der Waals surface area contributed by atoms with Gasteiger partial charge < -0.3 is 9.84 Å². The van der Waals surface area contributed by atoms with Gasteiger partial charge in [-0.15, -0.1) is 0 Å². The van der Waals surface area contributed by atoms with E-state index in [4.69, 9.17) is 4.74 Å². The number of hydrazone groups is 1. The first-order chi connectivity index (χ1) is 11.2. The quantitative estimate of drug-likeness (QED) is 0.506. The van der Waals surface area contributed by atoms with E-state index in [1.165, 1.54) is 0 Å². The zero-order valence-electron chi connectivity index (χ0n) is 14.3. The molecule has 2 N–H and O–H groups in total. The average Bonchev–Trinajstić information content (AvgIpc) is 2.83. The average molecular weight is 330 g/mol. The molecule has 2 atom stereocenters. The molecule has 1 heterocycles. The molecular weight excluding hydrogens is 308 g/mol. The van der Waals surface area contributed by atoms with Crippen molar-refractivity contribution in [3.8, 4) is 5.75 Å². The van der Waals surface area contributed by atoms with Crippen molar-refractivity contribution < 1.29 is 19.4 Å². The molecular formula is C18H22N2O4. The third kappa shape index (κ3) is 1.92. The second kappa shape index (κ2) is 5.06. The highest BCUT2D eigenvalue weighted by molar-refractivity contribution is 6.02. The lowest BCUT2D eigenvalue weighted by Crippen LogP contribution is -2.52. The van der Waals surface area contributed by atoms with Gasteiger partial charge in [0, 0.05) is 11.0 Å². The number of hydrogen-bond acceptors (Lipinski definition) is 5. The molecule has 1 saturated heterocycles. The molecule has 1 saturated carbocycles. The number of hydrogen-bond donors (Lipinski definition) is 2. The molecule has 6 heteroatoms. The lowest BCUT2D eigenvalue weighted by atomic mass is 9.66. The molecule has 1 aromatic rings. The number of carbonyl (C=O) groups is 2. The summed E-state index contributed by atoms with van der Waals surface area (Å²) in [6.45, 7) is 7.33. The van der Waals surface area contributed by atoms with Crippen LogP contribution in [0.3, 0.4) is 0 Å². The maximum atomic E-state index is 12.8. The molecule has 1 aliphatic carbocycles. The molecule has 128 valence electrons. The lowest BCUT2D eigenvalue weighted by molar-refractivity contribution is -0.168. The SMILES string of the molecule is C/C(=N/NC(=O)[C@]12CC[C@@](C)(C(=O)O1)C2(C)C)c1ccccc1O. The van der Waals surface area contributed by atoms with E-state index >= 15 is 0 Å². The van der Waals surface area contributed by atoms with Gasteiger partial charge in [-0.1, -0.05) is 26.0 Å². The Bertz CT molecular complexity index is 755. The van der Waals surface area contributed by atoms with Gasteiger partial charge in [-0.2, -0.15) is 5.10 Å². The summed E-state index contributed by atoms with van der Waals surface area (Å²) >= 11 is 0. The van der Waals surface area contributed by atoms with Crippen LogP contribution in [0.25, 0.3) is 0 Å². The van der Waals surface area contributed by atoms with Crippen LogP contribution in [0, 0.1) is 10.8 Å². The number of nitrogens with zero attached hydrogens (tertiary/aromatic N) is 1. The predicted molar refractivity (Wildman–Crippen MR) is 88.4 cm³/mol. The van der Waals surface area contributed by atoms with Crippen LogP contribution in [0.4, 0.5) is 0 Å². The van der Waals surface area contributed by atoms with Gasteiger partial charge in [-0.3, -0.25) is 9.59 Å². The smallest absolute Gasteiger partial charge is 0.313 e. The molecule has 6 nitrogen and oxygen atoms in total. The predicted octanol–water partition coefficient (Wildman–Crippen LogP) is 2.35. The molecule has 1 aliphatic heterocycles. The van der Waals surface area contributed by atoms with Gasteiger partial charge in [0.25, 0.3) is 5.91 Å². The third-order valence-corrected chi connectivity index (χ3v) is 6.07. The molecule has 0 aromatic heterocycles. The fourth-order valence-electron chi connectivity index (χ4n) is 3.81. The van der Waals surface area contributed by atoms with E-state index in [1.807, 2.05) is 20.8 Å². The Balaban J connectivity index is 1.85. The Labute approximate surface area is 140 Å². The molecule has 3 rings (SSSR count). The Kier molecular flexibility index (Phi) is 3.48. The monoisotopic (exact) mass is 330 g/mol. The first-order valence-corrected chi connectivity index (χ1v) is 8.02. The second-order valence-corrected chi connectivity index (χ2v) is 7.33. The van der Waals surface area contributed by atoms with Crippen molar-refractivity contribution in [2.75, 3.05) is 0 Å². The first-order valence-electron chi connectivity index (χ1n) is 8.02. The largest absolute Gasteiger partial charge is 0.507 e.